The predicted octanol–water partition coefficient (Wildman–Crippen LogP) is 0.713. The van der Waals surface area contributed by atoms with Crippen LogP contribution in [0.1, 0.15) is 4.88 Å². The van der Waals surface area contributed by atoms with Crippen molar-refractivity contribution in [2.24, 2.45) is 17.2 Å². The molecular weight excluding hydrogens is 216 g/mol. The topological polar surface area (TPSA) is 90.1 Å². The van der Waals surface area contributed by atoms with Crippen molar-refractivity contribution in [2.75, 3.05) is 0 Å². The van der Waals surface area contributed by atoms with Crippen LogP contribution >= 0.6 is 23.1 Å². The zero-order valence-corrected chi connectivity index (χ0v) is 8.91. The Kier molecular flexibility index (Phi) is 2.30. The summed E-state index contributed by atoms with van der Waals surface area (Å²) in [5.41, 5.74) is 17.7. The highest BCUT2D eigenvalue weighted by atomic mass is 32.2. The maximum absolute atomic E-state index is 5.84. The van der Waals surface area contributed by atoms with Crippen LogP contribution in [0.4, 0.5) is 0 Å². The molecule has 2 rings (SSSR count). The van der Waals surface area contributed by atoms with Gasteiger partial charge in [-0.05, 0) is 23.2 Å². The van der Waals surface area contributed by atoms with Crippen molar-refractivity contribution in [1.29, 1.82) is 0 Å². The zero-order chi connectivity index (χ0) is 10.1. The molecule has 0 fully saturated rings. The Morgan fingerprint density at radius 1 is 1.36 bits per heavy atom. The normalized spacial score (nSPS) is 15.9. The van der Waals surface area contributed by atoms with Gasteiger partial charge in [0.05, 0.1) is 15.6 Å². The molecule has 1 aromatic heterocycles. The minimum Gasteiger partial charge on any atom is -0.391 e. The van der Waals surface area contributed by atoms with Crippen LogP contribution < -0.4 is 22.5 Å². The van der Waals surface area contributed by atoms with Crippen LogP contribution in [0.2, 0.25) is 0 Å². The van der Waals surface area contributed by atoms with E-state index in [1.165, 1.54) is 11.8 Å². The number of nitrogens with two attached hydrogens (primary N) is 3. The molecule has 0 bridgehead atoms. The minimum atomic E-state index is 0.268. The van der Waals surface area contributed by atoms with Crippen LogP contribution in [0, 0.1) is 0 Å². The van der Waals surface area contributed by atoms with Gasteiger partial charge in [0.25, 0.3) is 0 Å². The molecule has 0 radical (unpaired) electrons. The Labute approximate surface area is 89.8 Å². The monoisotopic (exact) mass is 226 g/mol. The van der Waals surface area contributed by atoms with Crippen molar-refractivity contribution in [2.45, 2.75) is 0 Å². The molecule has 0 amide bonds. The van der Waals surface area contributed by atoms with E-state index >= 15 is 0 Å². The van der Waals surface area contributed by atoms with Gasteiger partial charge in [-0.25, -0.2) is 0 Å². The van der Waals surface area contributed by atoms with Crippen LogP contribution in [0.3, 0.4) is 0 Å². The van der Waals surface area contributed by atoms with E-state index in [1.807, 2.05) is 17.5 Å². The van der Waals surface area contributed by atoms with Crippen molar-refractivity contribution in [3.8, 4) is 0 Å². The van der Waals surface area contributed by atoms with Crippen molar-refractivity contribution < 1.29 is 0 Å². The molecule has 1 aliphatic rings. The lowest BCUT2D eigenvalue weighted by atomic mass is 10.3. The Bertz CT molecular complexity index is 401. The molecule has 0 aromatic carbocycles. The standard InChI is InChI=1S/C8H10N4S2/c9-6(10)8-12-5(7(11)14-8)4-2-1-3-13-4/h1-3,12H,9-11H2. The molecule has 2 heterocycles. The average Bonchev–Trinajstić information content (AvgIpc) is 2.71. The third kappa shape index (κ3) is 1.53. The van der Waals surface area contributed by atoms with Gasteiger partial charge in [-0.1, -0.05) is 6.07 Å². The first-order chi connectivity index (χ1) is 6.68. The lowest BCUT2D eigenvalue weighted by Gasteiger charge is -2.02. The highest BCUT2D eigenvalue weighted by Crippen LogP contribution is 2.35. The molecular formula is C8H10N4S2. The van der Waals surface area contributed by atoms with E-state index in [2.05, 4.69) is 5.32 Å². The second-order valence-electron chi connectivity index (χ2n) is 2.73. The van der Waals surface area contributed by atoms with Gasteiger partial charge in [0.1, 0.15) is 10.9 Å². The number of thiophene rings is 1. The van der Waals surface area contributed by atoms with Crippen molar-refractivity contribution >= 4 is 28.8 Å². The van der Waals surface area contributed by atoms with E-state index in [1.54, 1.807) is 11.3 Å². The Morgan fingerprint density at radius 3 is 2.64 bits per heavy atom. The third-order valence-electron chi connectivity index (χ3n) is 1.73. The fraction of sp³-hybridized carbons (Fsp3) is 0. The van der Waals surface area contributed by atoms with Gasteiger partial charge in [0.15, 0.2) is 0 Å². The molecule has 14 heavy (non-hydrogen) atoms. The number of hydrogen-bond acceptors (Lipinski definition) is 6. The molecule has 0 unspecified atom stereocenters. The van der Waals surface area contributed by atoms with Crippen LogP contribution in [-0.2, 0) is 0 Å². The lowest BCUT2D eigenvalue weighted by Crippen LogP contribution is -2.16. The summed E-state index contributed by atoms with van der Waals surface area (Å²) in [6.07, 6.45) is 0. The van der Waals surface area contributed by atoms with E-state index in [0.717, 1.165) is 10.6 Å². The molecule has 1 aliphatic heterocycles. The van der Waals surface area contributed by atoms with Crippen LogP contribution in [0.25, 0.3) is 5.70 Å². The fourth-order valence-corrected chi connectivity index (χ4v) is 2.65. The molecule has 6 heteroatoms. The number of nitrogens with one attached hydrogen (secondary N) is 1. The SMILES string of the molecule is NC(N)=C1NC(c2cccs2)=C(N)S1. The quantitative estimate of drug-likeness (QED) is 0.566. The Morgan fingerprint density at radius 2 is 2.14 bits per heavy atom. The van der Waals surface area contributed by atoms with Gasteiger partial charge >= 0.3 is 0 Å². The van der Waals surface area contributed by atoms with Gasteiger partial charge in [0, 0.05) is 0 Å². The van der Waals surface area contributed by atoms with Crippen LogP contribution in [0.15, 0.2) is 33.4 Å². The summed E-state index contributed by atoms with van der Waals surface area (Å²) < 4.78 is 0. The summed E-state index contributed by atoms with van der Waals surface area (Å²) in [6, 6.07) is 3.97. The minimum absolute atomic E-state index is 0.268. The van der Waals surface area contributed by atoms with Crippen molar-refractivity contribution in [3.05, 3.63) is 38.3 Å². The van der Waals surface area contributed by atoms with Crippen molar-refractivity contribution in [3.63, 3.8) is 0 Å². The van der Waals surface area contributed by atoms with Crippen molar-refractivity contribution in [1.82, 2.24) is 5.32 Å². The molecule has 0 spiro atoms. The van der Waals surface area contributed by atoms with E-state index < -0.39 is 0 Å². The maximum Gasteiger partial charge on any atom is 0.125 e. The van der Waals surface area contributed by atoms with Gasteiger partial charge in [-0.3, -0.25) is 0 Å². The first-order valence-electron chi connectivity index (χ1n) is 3.92. The summed E-state index contributed by atoms with van der Waals surface area (Å²) in [4.78, 5) is 1.09. The summed E-state index contributed by atoms with van der Waals surface area (Å²) in [7, 11) is 0. The predicted molar refractivity (Wildman–Crippen MR) is 61.6 cm³/mol. The summed E-state index contributed by atoms with van der Waals surface area (Å²) >= 11 is 2.98. The molecule has 1 aromatic rings. The summed E-state index contributed by atoms with van der Waals surface area (Å²) in [6.45, 7) is 0. The second-order valence-corrected chi connectivity index (χ2v) is 4.73. The maximum atomic E-state index is 5.84. The first kappa shape index (κ1) is 9.29. The van der Waals surface area contributed by atoms with E-state index in [9.17, 15) is 0 Å². The van der Waals surface area contributed by atoms with Crippen LogP contribution in [-0.4, -0.2) is 0 Å². The molecule has 0 saturated carbocycles. The van der Waals surface area contributed by atoms with Gasteiger partial charge in [-0.15, -0.1) is 11.3 Å². The van der Waals surface area contributed by atoms with E-state index in [0.29, 0.717) is 10.1 Å². The Balaban J connectivity index is 2.31. The Hall–Kier alpha value is -1.27. The third-order valence-corrected chi connectivity index (χ3v) is 3.58. The van der Waals surface area contributed by atoms with E-state index in [-0.39, 0.29) is 5.82 Å². The summed E-state index contributed by atoms with van der Waals surface area (Å²) in [5.74, 6) is 0.268. The highest BCUT2D eigenvalue weighted by molar-refractivity contribution is 8.07. The number of thioether (sulfide) groups is 1. The second kappa shape index (κ2) is 3.47. The largest absolute Gasteiger partial charge is 0.391 e. The smallest absolute Gasteiger partial charge is 0.125 e. The van der Waals surface area contributed by atoms with Gasteiger partial charge in [0.2, 0.25) is 0 Å². The highest BCUT2D eigenvalue weighted by Gasteiger charge is 2.20. The lowest BCUT2D eigenvalue weighted by molar-refractivity contribution is 1.11. The summed E-state index contributed by atoms with van der Waals surface area (Å²) in [5, 5.41) is 6.51. The number of rotatable bonds is 1. The molecule has 4 nitrogen and oxygen atoms in total. The average molecular weight is 226 g/mol. The van der Waals surface area contributed by atoms with E-state index in [4.69, 9.17) is 17.2 Å². The molecule has 7 N–H and O–H groups in total. The fourth-order valence-electron chi connectivity index (χ4n) is 1.10. The number of hydrogen-bond donors (Lipinski definition) is 4. The first-order valence-corrected chi connectivity index (χ1v) is 5.62. The molecule has 0 aliphatic carbocycles. The van der Waals surface area contributed by atoms with Gasteiger partial charge < -0.3 is 22.5 Å². The van der Waals surface area contributed by atoms with Gasteiger partial charge in [-0.2, -0.15) is 0 Å². The molecule has 0 atom stereocenters. The zero-order valence-electron chi connectivity index (χ0n) is 7.28. The molecule has 74 valence electrons. The molecule has 0 saturated heterocycles. The van der Waals surface area contributed by atoms with Crippen LogP contribution in [0.5, 0.6) is 0 Å².